The maximum atomic E-state index is 14.9. The molecule has 8 heteroatoms. The first kappa shape index (κ1) is 25.8. The maximum absolute atomic E-state index is 14.9. The normalized spacial score (nSPS) is 20.9. The van der Waals surface area contributed by atoms with Gasteiger partial charge in [0.25, 0.3) is 0 Å². The zero-order chi connectivity index (χ0) is 27.4. The number of thiophene rings is 1. The van der Waals surface area contributed by atoms with Gasteiger partial charge in [-0.05, 0) is 81.1 Å². The summed E-state index contributed by atoms with van der Waals surface area (Å²) in [5.74, 6) is -0.116. The fraction of sp³-hybridized carbons (Fsp3) is 0.323. The topological polar surface area (TPSA) is 59.0 Å². The number of phenols is 1. The van der Waals surface area contributed by atoms with Crippen LogP contribution in [0.1, 0.15) is 44.8 Å². The molecule has 202 valence electrons. The molecule has 0 radical (unpaired) electrons. The quantitative estimate of drug-likeness (QED) is 0.246. The smallest absolute Gasteiger partial charge is 0.207 e. The second kappa shape index (κ2) is 9.92. The molecule has 1 saturated heterocycles. The van der Waals surface area contributed by atoms with Crippen molar-refractivity contribution in [2.24, 2.45) is 0 Å². The van der Waals surface area contributed by atoms with Crippen molar-refractivity contribution in [2.75, 3.05) is 13.1 Å². The lowest BCUT2D eigenvalue weighted by molar-refractivity contribution is 0.103. The molecule has 2 heterocycles. The largest absolute Gasteiger partial charge is 0.505 e. The Morgan fingerprint density at radius 1 is 1.05 bits per heavy atom. The van der Waals surface area contributed by atoms with Crippen LogP contribution in [0, 0.1) is 26.6 Å². The predicted octanol–water partition coefficient (Wildman–Crippen LogP) is 7.26. The average Bonchev–Trinajstić information content (AvgIpc) is 3.28. The first-order valence-electron chi connectivity index (χ1n) is 13.1. The van der Waals surface area contributed by atoms with E-state index < -0.39 is 17.7 Å². The Bertz CT molecular complexity index is 1560. The van der Waals surface area contributed by atoms with Crippen molar-refractivity contribution in [1.29, 1.82) is 0 Å². The van der Waals surface area contributed by atoms with Gasteiger partial charge in [-0.2, -0.15) is 0 Å². The Labute approximate surface area is 229 Å². The summed E-state index contributed by atoms with van der Waals surface area (Å²) in [6.45, 7) is 7.30. The van der Waals surface area contributed by atoms with Gasteiger partial charge < -0.3 is 14.6 Å². The molecule has 0 amide bonds. The lowest BCUT2D eigenvalue weighted by Gasteiger charge is -2.16. The van der Waals surface area contributed by atoms with E-state index in [1.54, 1.807) is 30.3 Å². The molecule has 3 unspecified atom stereocenters. The number of carbonyl (C=O) groups is 1. The van der Waals surface area contributed by atoms with E-state index >= 15 is 0 Å². The minimum atomic E-state index is -0.779. The summed E-state index contributed by atoms with van der Waals surface area (Å²) in [5.41, 5.74) is 3.28. The molecule has 1 saturated carbocycles. The predicted molar refractivity (Wildman–Crippen MR) is 148 cm³/mol. The number of carbonyl (C=O) groups excluding carboxylic acids is 1. The molecule has 1 aliphatic heterocycles. The molecule has 1 aromatic heterocycles. The molecule has 39 heavy (non-hydrogen) atoms. The summed E-state index contributed by atoms with van der Waals surface area (Å²) in [4.78, 5) is 16.2. The van der Waals surface area contributed by atoms with E-state index in [0.717, 1.165) is 41.0 Å². The third-order valence-corrected chi connectivity index (χ3v) is 8.69. The van der Waals surface area contributed by atoms with Gasteiger partial charge in [-0.1, -0.05) is 17.7 Å². The molecular formula is C31H29F2NO4S. The molecule has 0 bridgehead atoms. The van der Waals surface area contributed by atoms with Crippen molar-refractivity contribution in [2.45, 2.75) is 51.9 Å². The highest BCUT2D eigenvalue weighted by atomic mass is 32.1. The number of alkyl halides is 1. The highest BCUT2D eigenvalue weighted by Gasteiger charge is 2.45. The molecular weight excluding hydrogens is 520 g/mol. The van der Waals surface area contributed by atoms with E-state index in [1.165, 1.54) is 6.07 Å². The van der Waals surface area contributed by atoms with E-state index in [1.807, 2.05) is 32.9 Å². The van der Waals surface area contributed by atoms with Crippen molar-refractivity contribution >= 4 is 27.2 Å². The molecule has 1 aliphatic carbocycles. The monoisotopic (exact) mass is 549 g/mol. The van der Waals surface area contributed by atoms with Gasteiger partial charge in [0.05, 0.1) is 4.70 Å². The van der Waals surface area contributed by atoms with Crippen LogP contribution in [-0.2, 0) is 0 Å². The molecule has 2 aliphatic rings. The van der Waals surface area contributed by atoms with E-state index in [-0.39, 0.29) is 33.3 Å². The van der Waals surface area contributed by atoms with Gasteiger partial charge in [-0.25, -0.2) is 8.78 Å². The molecule has 6 rings (SSSR count). The minimum absolute atomic E-state index is 0.00579. The number of hydrogen-bond donors (Lipinski definition) is 1. The van der Waals surface area contributed by atoms with Crippen LogP contribution in [0.25, 0.3) is 10.1 Å². The lowest BCUT2D eigenvalue weighted by atomic mass is 9.95. The lowest BCUT2D eigenvalue weighted by Crippen LogP contribution is -2.28. The van der Waals surface area contributed by atoms with Crippen LogP contribution < -0.4 is 9.47 Å². The summed E-state index contributed by atoms with van der Waals surface area (Å²) in [6.07, 6.45) is 0.768. The zero-order valence-corrected chi connectivity index (χ0v) is 22.8. The number of halogens is 2. The summed E-state index contributed by atoms with van der Waals surface area (Å²) >= 11 is 0.975. The van der Waals surface area contributed by atoms with Crippen molar-refractivity contribution < 1.29 is 28.2 Å². The highest BCUT2D eigenvalue weighted by molar-refractivity contribution is 7.21. The fourth-order valence-electron chi connectivity index (χ4n) is 5.58. The van der Waals surface area contributed by atoms with Crippen LogP contribution in [0.5, 0.6) is 23.0 Å². The summed E-state index contributed by atoms with van der Waals surface area (Å²) in [6, 6.07) is 13.9. The van der Waals surface area contributed by atoms with Gasteiger partial charge in [0.1, 0.15) is 28.7 Å². The number of benzene rings is 3. The van der Waals surface area contributed by atoms with Gasteiger partial charge in [-0.15, -0.1) is 11.3 Å². The Morgan fingerprint density at radius 3 is 2.38 bits per heavy atom. The molecule has 0 spiro atoms. The number of rotatable bonds is 7. The van der Waals surface area contributed by atoms with Gasteiger partial charge in [0, 0.05) is 30.1 Å². The first-order valence-corrected chi connectivity index (χ1v) is 13.9. The standard InChI is InChI=1S/C31H29F2NO4S/c1-16-12-17(2)26(18(3)13-16)28(36)31-29(22-8-9-25(35)27(33)30(22)39-31)38-20-6-4-19(5-7-20)37-21-10-11-34(15-21)24-14-23(24)32/h4-9,12-13,21,23-24,35H,10-11,14-15H2,1-3H3. The average molecular weight is 550 g/mol. The summed E-state index contributed by atoms with van der Waals surface area (Å²) in [5, 5.41) is 10.4. The van der Waals surface area contributed by atoms with Crippen LogP contribution in [0.2, 0.25) is 0 Å². The third-order valence-electron chi connectivity index (χ3n) is 7.51. The van der Waals surface area contributed by atoms with Crippen molar-refractivity contribution in [3.05, 3.63) is 81.5 Å². The fourth-order valence-corrected chi connectivity index (χ4v) is 6.68. The van der Waals surface area contributed by atoms with Gasteiger partial charge >= 0.3 is 0 Å². The van der Waals surface area contributed by atoms with Crippen LogP contribution >= 0.6 is 11.3 Å². The molecule has 2 fully saturated rings. The molecule has 4 aromatic rings. The number of likely N-dealkylation sites (tertiary alicyclic amines) is 1. The Kier molecular flexibility index (Phi) is 6.55. The zero-order valence-electron chi connectivity index (χ0n) is 22.0. The van der Waals surface area contributed by atoms with E-state index in [2.05, 4.69) is 4.90 Å². The second-order valence-electron chi connectivity index (χ2n) is 10.6. The second-order valence-corrected chi connectivity index (χ2v) is 11.6. The Balaban J connectivity index is 1.28. The molecule has 1 N–H and O–H groups in total. The maximum Gasteiger partial charge on any atom is 0.207 e. The van der Waals surface area contributed by atoms with Crippen LogP contribution in [-0.4, -0.2) is 47.2 Å². The number of aromatic hydroxyl groups is 1. The van der Waals surface area contributed by atoms with Crippen molar-refractivity contribution in [3.63, 3.8) is 0 Å². The number of ether oxygens (including phenoxy) is 2. The van der Waals surface area contributed by atoms with Gasteiger partial charge in [0.15, 0.2) is 17.3 Å². The van der Waals surface area contributed by atoms with Gasteiger partial charge in [0.2, 0.25) is 5.78 Å². The van der Waals surface area contributed by atoms with Crippen molar-refractivity contribution in [1.82, 2.24) is 4.90 Å². The van der Waals surface area contributed by atoms with E-state index in [9.17, 15) is 18.7 Å². The number of ketones is 1. The molecule has 3 aromatic carbocycles. The minimum Gasteiger partial charge on any atom is -0.505 e. The Hall–Kier alpha value is -3.49. The van der Waals surface area contributed by atoms with E-state index in [4.69, 9.17) is 9.47 Å². The number of hydrogen-bond acceptors (Lipinski definition) is 6. The third kappa shape index (κ3) is 4.87. The summed E-state index contributed by atoms with van der Waals surface area (Å²) < 4.78 is 40.8. The van der Waals surface area contributed by atoms with Crippen LogP contribution in [0.3, 0.4) is 0 Å². The van der Waals surface area contributed by atoms with E-state index in [0.29, 0.717) is 35.4 Å². The van der Waals surface area contributed by atoms with Crippen LogP contribution in [0.15, 0.2) is 48.5 Å². The highest BCUT2D eigenvalue weighted by Crippen LogP contribution is 2.45. The Morgan fingerprint density at radius 2 is 1.72 bits per heavy atom. The SMILES string of the molecule is Cc1cc(C)c(C(=O)c2sc3c(F)c(O)ccc3c2Oc2ccc(OC3CCN(C4CC4F)C3)cc2)c(C)c1. The number of aryl methyl sites for hydroxylation is 3. The van der Waals surface area contributed by atoms with Crippen LogP contribution in [0.4, 0.5) is 8.78 Å². The number of nitrogens with zero attached hydrogens (tertiary/aromatic N) is 1. The first-order chi connectivity index (χ1) is 18.7. The number of fused-ring (bicyclic) bond motifs is 1. The molecule has 5 nitrogen and oxygen atoms in total. The number of phenolic OH excluding ortho intramolecular Hbond substituents is 1. The van der Waals surface area contributed by atoms with Gasteiger partial charge in [-0.3, -0.25) is 9.69 Å². The molecule has 3 atom stereocenters. The summed E-state index contributed by atoms with van der Waals surface area (Å²) in [7, 11) is 0. The van der Waals surface area contributed by atoms with Crippen molar-refractivity contribution in [3.8, 4) is 23.0 Å².